The van der Waals surface area contributed by atoms with Crippen LogP contribution in [0.15, 0.2) is 151 Å². The predicted octanol–water partition coefficient (Wildman–Crippen LogP) is 11.6. The molecule has 0 saturated heterocycles. The van der Waals surface area contributed by atoms with Gasteiger partial charge in [0.2, 0.25) is 0 Å². The topological polar surface area (TPSA) is 24.9 Å². The minimum Gasteiger partial charge on any atom is -0.379 e. The number of benzene rings is 6. The maximum absolute atomic E-state index is 5.36. The maximum Gasteiger partial charge on any atom is 0.0947 e. The summed E-state index contributed by atoms with van der Waals surface area (Å²) in [5.74, 6) is 0. The van der Waals surface area contributed by atoms with Gasteiger partial charge in [-0.15, -0.1) is 0 Å². The largest absolute Gasteiger partial charge is 0.379 e. The molecule has 2 heterocycles. The number of hydrogen-bond donors (Lipinski definition) is 1. The molecule has 0 bridgehead atoms. The third-order valence-electron chi connectivity index (χ3n) is 11.3. The van der Waals surface area contributed by atoms with Gasteiger partial charge in [-0.3, -0.25) is 0 Å². The molecule has 49 heavy (non-hydrogen) atoms. The first-order chi connectivity index (χ1) is 24.3. The molecule has 11 rings (SSSR count). The number of pyridine rings is 1. The highest BCUT2D eigenvalue weighted by molar-refractivity contribution is 6.11. The molecule has 6 aromatic carbocycles. The molecular weight excluding hydrogens is 593 g/mol. The van der Waals surface area contributed by atoms with Gasteiger partial charge in [0.05, 0.1) is 22.3 Å². The van der Waals surface area contributed by atoms with Gasteiger partial charge < -0.3 is 5.32 Å². The Morgan fingerprint density at radius 2 is 1.45 bits per heavy atom. The first-order valence-electron chi connectivity index (χ1n) is 17.4. The zero-order valence-electron chi connectivity index (χ0n) is 27.0. The van der Waals surface area contributed by atoms with Crippen molar-refractivity contribution in [3.05, 3.63) is 179 Å². The molecule has 3 aliphatic carbocycles. The van der Waals surface area contributed by atoms with Crippen molar-refractivity contribution in [2.75, 3.05) is 11.9 Å². The Kier molecular flexibility index (Phi) is 5.52. The summed E-state index contributed by atoms with van der Waals surface area (Å²) >= 11 is 0. The van der Waals surface area contributed by atoms with E-state index in [-0.39, 0.29) is 5.41 Å². The average molecular weight is 625 g/mol. The molecule has 0 saturated carbocycles. The fourth-order valence-corrected chi connectivity index (χ4v) is 9.37. The maximum atomic E-state index is 5.36. The second kappa shape index (κ2) is 10.0. The van der Waals surface area contributed by atoms with Crippen molar-refractivity contribution in [1.29, 1.82) is 0 Å². The molecule has 2 heteroatoms. The van der Waals surface area contributed by atoms with Crippen LogP contribution in [0.4, 0.5) is 5.69 Å². The van der Waals surface area contributed by atoms with Crippen molar-refractivity contribution < 1.29 is 0 Å². The van der Waals surface area contributed by atoms with Crippen LogP contribution in [-0.2, 0) is 5.41 Å². The Bertz CT molecular complexity index is 2660. The van der Waals surface area contributed by atoms with Crippen LogP contribution in [0, 0.1) is 0 Å². The lowest BCUT2D eigenvalue weighted by Crippen LogP contribution is -2.28. The third-order valence-corrected chi connectivity index (χ3v) is 11.3. The Labute approximate surface area is 285 Å². The van der Waals surface area contributed by atoms with E-state index in [0.29, 0.717) is 0 Å². The van der Waals surface area contributed by atoms with E-state index in [1.54, 1.807) is 0 Å². The number of aromatic nitrogens is 1. The highest BCUT2D eigenvalue weighted by Crippen LogP contribution is 2.65. The highest BCUT2D eigenvalue weighted by atomic mass is 14.9. The van der Waals surface area contributed by atoms with Gasteiger partial charge in [0.15, 0.2) is 0 Å². The minimum absolute atomic E-state index is 0.382. The molecule has 0 fully saturated rings. The molecule has 1 N–H and O–H groups in total. The highest BCUT2D eigenvalue weighted by Gasteiger charge is 2.53. The van der Waals surface area contributed by atoms with E-state index >= 15 is 0 Å². The molecule has 1 spiro atoms. The number of allylic oxidation sites excluding steroid dienone is 4. The second-order valence-electron chi connectivity index (χ2n) is 13.7. The normalized spacial score (nSPS) is 18.0. The summed E-state index contributed by atoms with van der Waals surface area (Å²) in [6.07, 6.45) is 11.2. The summed E-state index contributed by atoms with van der Waals surface area (Å²) in [5.41, 5.74) is 18.9. The zero-order chi connectivity index (χ0) is 32.1. The first-order valence-corrected chi connectivity index (χ1v) is 17.4. The predicted molar refractivity (Wildman–Crippen MR) is 205 cm³/mol. The Morgan fingerprint density at radius 3 is 2.41 bits per heavy atom. The molecule has 1 aliphatic heterocycles. The van der Waals surface area contributed by atoms with Crippen molar-refractivity contribution in [1.82, 2.24) is 4.98 Å². The Balaban J connectivity index is 1.26. The van der Waals surface area contributed by atoms with Gasteiger partial charge >= 0.3 is 0 Å². The number of rotatable bonds is 2. The van der Waals surface area contributed by atoms with Crippen LogP contribution in [-0.4, -0.2) is 11.5 Å². The van der Waals surface area contributed by atoms with Gasteiger partial charge in [-0.2, -0.15) is 0 Å². The van der Waals surface area contributed by atoms with Gasteiger partial charge in [0.1, 0.15) is 0 Å². The molecule has 4 aliphatic rings. The van der Waals surface area contributed by atoms with Gasteiger partial charge in [0, 0.05) is 17.5 Å². The van der Waals surface area contributed by atoms with Crippen LogP contribution in [0.5, 0.6) is 0 Å². The van der Waals surface area contributed by atoms with Crippen molar-refractivity contribution in [2.24, 2.45) is 0 Å². The SMILES string of the molecule is C1=CC2=C(CC1)C1(c3ccccc32)c2cc(-c3ccc4ccc5c(c4n3)NCC=C5)ccc2-c2c1cc1ccccc1c2-c1ccccc1. The molecule has 1 aromatic heterocycles. The molecule has 1 atom stereocenters. The van der Waals surface area contributed by atoms with Crippen LogP contribution in [0.2, 0.25) is 0 Å². The van der Waals surface area contributed by atoms with E-state index < -0.39 is 0 Å². The van der Waals surface area contributed by atoms with Crippen LogP contribution in [0.3, 0.4) is 0 Å². The molecule has 7 aromatic rings. The minimum atomic E-state index is -0.382. The number of nitrogens with one attached hydrogen (secondary N) is 1. The monoisotopic (exact) mass is 624 g/mol. The summed E-state index contributed by atoms with van der Waals surface area (Å²) < 4.78 is 0. The Hall–Kier alpha value is -5.99. The number of anilines is 1. The standard InChI is InChI=1S/C47H32N2/c1-2-11-29(12-3-1)43-34-15-5-4-13-32(34)27-41-44(43)37-24-22-33(42-25-23-31-21-20-30-14-10-26-48-45(30)46(31)49-42)28-40(37)47(41)38-18-8-6-16-35(38)36-17-7-9-19-39(36)47/h1-8,10-18,20-25,27-28,48H,9,19,26H2. The van der Waals surface area contributed by atoms with Gasteiger partial charge in [-0.05, 0) is 103 Å². The summed E-state index contributed by atoms with van der Waals surface area (Å²) in [6.45, 7) is 0.820. The lowest BCUT2D eigenvalue weighted by Gasteiger charge is -2.34. The number of nitrogens with zero attached hydrogens (tertiary/aromatic N) is 1. The number of fused-ring (bicyclic) bond motifs is 13. The van der Waals surface area contributed by atoms with E-state index in [0.717, 1.165) is 47.2 Å². The molecule has 2 nitrogen and oxygen atoms in total. The van der Waals surface area contributed by atoms with E-state index in [4.69, 9.17) is 4.98 Å². The number of hydrogen-bond acceptors (Lipinski definition) is 2. The Morgan fingerprint density at radius 1 is 0.592 bits per heavy atom. The fourth-order valence-electron chi connectivity index (χ4n) is 9.37. The van der Waals surface area contributed by atoms with Crippen LogP contribution < -0.4 is 5.32 Å². The van der Waals surface area contributed by atoms with E-state index in [2.05, 4.69) is 157 Å². The van der Waals surface area contributed by atoms with Crippen LogP contribution in [0.25, 0.3) is 66.8 Å². The fraction of sp³-hybridized carbons (Fsp3) is 0.0851. The second-order valence-corrected chi connectivity index (χ2v) is 13.7. The lowest BCUT2D eigenvalue weighted by atomic mass is 9.67. The zero-order valence-corrected chi connectivity index (χ0v) is 27.0. The van der Waals surface area contributed by atoms with E-state index in [9.17, 15) is 0 Å². The molecule has 0 radical (unpaired) electrons. The molecular formula is C47H32N2. The summed E-state index contributed by atoms with van der Waals surface area (Å²) in [5, 5.41) is 7.33. The van der Waals surface area contributed by atoms with E-state index in [1.165, 1.54) is 72.0 Å². The molecule has 230 valence electrons. The van der Waals surface area contributed by atoms with Crippen molar-refractivity contribution >= 4 is 39.0 Å². The van der Waals surface area contributed by atoms with Crippen molar-refractivity contribution in [3.63, 3.8) is 0 Å². The summed E-state index contributed by atoms with van der Waals surface area (Å²) in [4.78, 5) is 5.36. The quantitative estimate of drug-likeness (QED) is 0.207. The van der Waals surface area contributed by atoms with Crippen molar-refractivity contribution in [3.8, 4) is 33.5 Å². The van der Waals surface area contributed by atoms with Crippen LogP contribution in [0.1, 0.15) is 40.7 Å². The van der Waals surface area contributed by atoms with E-state index in [1.807, 2.05) is 0 Å². The average Bonchev–Trinajstić information content (AvgIpc) is 3.64. The smallest absolute Gasteiger partial charge is 0.0947 e. The van der Waals surface area contributed by atoms with Crippen molar-refractivity contribution in [2.45, 2.75) is 18.3 Å². The van der Waals surface area contributed by atoms with Gasteiger partial charge in [0.25, 0.3) is 0 Å². The molecule has 1 unspecified atom stereocenters. The summed E-state index contributed by atoms with van der Waals surface area (Å²) in [6, 6.07) is 47.7. The van der Waals surface area contributed by atoms with Gasteiger partial charge in [-0.25, -0.2) is 4.98 Å². The summed E-state index contributed by atoms with van der Waals surface area (Å²) in [7, 11) is 0. The third kappa shape index (κ3) is 3.58. The van der Waals surface area contributed by atoms with Crippen LogP contribution >= 0.6 is 0 Å². The molecule has 0 amide bonds. The lowest BCUT2D eigenvalue weighted by molar-refractivity contribution is 0.715. The first kappa shape index (κ1) is 27.0. The van der Waals surface area contributed by atoms with Gasteiger partial charge in [-0.1, -0.05) is 133 Å².